The molecule has 102 valence electrons. The molecule has 1 heterocycles. The fourth-order valence-corrected chi connectivity index (χ4v) is 2.20. The van der Waals surface area contributed by atoms with Crippen LogP contribution in [0.25, 0.3) is 10.4 Å². The van der Waals surface area contributed by atoms with Crippen LogP contribution in [0.3, 0.4) is 0 Å². The van der Waals surface area contributed by atoms with Crippen LogP contribution in [0, 0.1) is 5.82 Å². The van der Waals surface area contributed by atoms with E-state index in [4.69, 9.17) is 5.53 Å². The topological polar surface area (TPSA) is 86.1 Å². The lowest BCUT2D eigenvalue weighted by Crippen LogP contribution is -2.30. The average molecular weight is 282 g/mol. The van der Waals surface area contributed by atoms with E-state index in [9.17, 15) is 14.0 Å². The van der Waals surface area contributed by atoms with Crippen molar-refractivity contribution >= 4 is 23.2 Å². The summed E-state index contributed by atoms with van der Waals surface area (Å²) in [4.78, 5) is 27.8. The Kier molecular flexibility index (Phi) is 2.89. The molecule has 1 aliphatic heterocycles. The Hall–Kier alpha value is -3.18. The normalized spacial score (nSPS) is 13.1. The fraction of sp³-hybridized carbons (Fsp3) is 0. The Morgan fingerprint density at radius 2 is 1.67 bits per heavy atom. The first-order chi connectivity index (χ1) is 10.1. The third-order valence-electron chi connectivity index (χ3n) is 3.13. The minimum atomic E-state index is -0.811. The molecule has 2 aromatic carbocycles. The third kappa shape index (κ3) is 1.92. The number of carbonyl (C=O) groups excluding carboxylic acids is 2. The Balaban J connectivity index is 2.09. The van der Waals surface area contributed by atoms with Gasteiger partial charge in [0.25, 0.3) is 11.8 Å². The molecule has 7 heteroatoms. The second-order valence-electron chi connectivity index (χ2n) is 4.32. The molecule has 2 amide bonds. The molecule has 0 bridgehead atoms. The van der Waals surface area contributed by atoms with Crippen LogP contribution >= 0.6 is 0 Å². The van der Waals surface area contributed by atoms with E-state index in [0.717, 1.165) is 11.0 Å². The number of hydrogen-bond donors (Lipinski definition) is 0. The second-order valence-corrected chi connectivity index (χ2v) is 4.32. The van der Waals surface area contributed by atoms with Crippen LogP contribution < -0.4 is 4.90 Å². The van der Waals surface area contributed by atoms with Crippen LogP contribution in [0.2, 0.25) is 0 Å². The summed E-state index contributed by atoms with van der Waals surface area (Å²) < 4.78 is 14.1. The number of anilines is 1. The van der Waals surface area contributed by atoms with Crippen molar-refractivity contribution in [2.45, 2.75) is 0 Å². The molecular weight excluding hydrogens is 275 g/mol. The number of benzene rings is 2. The van der Waals surface area contributed by atoms with E-state index in [0.29, 0.717) is 0 Å². The van der Waals surface area contributed by atoms with Crippen molar-refractivity contribution in [3.8, 4) is 0 Å². The van der Waals surface area contributed by atoms with Gasteiger partial charge in [0.2, 0.25) is 0 Å². The van der Waals surface area contributed by atoms with E-state index in [1.54, 1.807) is 12.1 Å². The molecule has 0 N–H and O–H groups in total. The molecule has 3 rings (SSSR count). The van der Waals surface area contributed by atoms with Crippen LogP contribution in [-0.2, 0) is 0 Å². The van der Waals surface area contributed by atoms with Gasteiger partial charge in [-0.1, -0.05) is 23.3 Å². The van der Waals surface area contributed by atoms with Crippen LogP contribution in [0.5, 0.6) is 0 Å². The second kappa shape index (κ2) is 4.73. The van der Waals surface area contributed by atoms with Crippen molar-refractivity contribution < 1.29 is 14.0 Å². The molecular formula is C14H7FN4O2. The van der Waals surface area contributed by atoms with E-state index in [1.807, 2.05) is 0 Å². The molecule has 6 nitrogen and oxygen atoms in total. The molecule has 0 spiro atoms. The molecule has 0 atom stereocenters. The van der Waals surface area contributed by atoms with Crippen molar-refractivity contribution in [1.29, 1.82) is 0 Å². The monoisotopic (exact) mass is 282 g/mol. The molecule has 0 aliphatic carbocycles. The van der Waals surface area contributed by atoms with Crippen molar-refractivity contribution in [2.75, 3.05) is 4.90 Å². The van der Waals surface area contributed by atoms with E-state index >= 15 is 0 Å². The van der Waals surface area contributed by atoms with Gasteiger partial charge in [0, 0.05) is 10.6 Å². The summed E-state index contributed by atoms with van der Waals surface area (Å²) in [6, 6.07) is 9.84. The first-order valence-electron chi connectivity index (χ1n) is 5.96. The van der Waals surface area contributed by atoms with Gasteiger partial charge in [0.1, 0.15) is 5.82 Å². The van der Waals surface area contributed by atoms with E-state index in [1.165, 1.54) is 24.3 Å². The summed E-state index contributed by atoms with van der Waals surface area (Å²) in [7, 11) is 0. The summed E-state index contributed by atoms with van der Waals surface area (Å²) in [5.41, 5.74) is 8.68. The number of fused-ring (bicyclic) bond motifs is 1. The summed E-state index contributed by atoms with van der Waals surface area (Å²) >= 11 is 0. The van der Waals surface area contributed by atoms with Gasteiger partial charge in [-0.15, -0.1) is 0 Å². The zero-order chi connectivity index (χ0) is 15.0. The number of amides is 2. The van der Waals surface area contributed by atoms with Gasteiger partial charge in [-0.2, -0.15) is 0 Å². The number of nitrogens with zero attached hydrogens (tertiary/aromatic N) is 4. The Bertz CT molecular complexity index is 792. The minimum Gasteiger partial charge on any atom is -0.268 e. The summed E-state index contributed by atoms with van der Waals surface area (Å²) in [5, 5.41) is 3.26. The molecule has 2 aromatic rings. The summed E-state index contributed by atoms with van der Waals surface area (Å²) in [6.45, 7) is 0. The minimum absolute atomic E-state index is 0.0651. The maximum Gasteiger partial charge on any atom is 0.266 e. The average Bonchev–Trinajstić information content (AvgIpc) is 2.73. The number of halogens is 1. The van der Waals surface area contributed by atoms with E-state index in [2.05, 4.69) is 10.0 Å². The highest BCUT2D eigenvalue weighted by Crippen LogP contribution is 2.31. The lowest BCUT2D eigenvalue weighted by atomic mass is 10.1. The fourth-order valence-electron chi connectivity index (χ4n) is 2.20. The molecule has 0 saturated heterocycles. The number of carbonyl (C=O) groups is 2. The van der Waals surface area contributed by atoms with Gasteiger partial charge in [0.15, 0.2) is 0 Å². The van der Waals surface area contributed by atoms with E-state index < -0.39 is 17.6 Å². The zero-order valence-electron chi connectivity index (χ0n) is 10.5. The van der Waals surface area contributed by atoms with Crippen molar-refractivity contribution in [3.63, 3.8) is 0 Å². The maximum atomic E-state index is 14.1. The van der Waals surface area contributed by atoms with Gasteiger partial charge in [-0.05, 0) is 29.8 Å². The molecule has 21 heavy (non-hydrogen) atoms. The van der Waals surface area contributed by atoms with Crippen LogP contribution in [0.15, 0.2) is 47.6 Å². The summed E-state index contributed by atoms with van der Waals surface area (Å²) in [6.07, 6.45) is 0. The van der Waals surface area contributed by atoms with Crippen LogP contribution in [0.4, 0.5) is 15.8 Å². The van der Waals surface area contributed by atoms with Crippen LogP contribution in [-0.4, -0.2) is 11.8 Å². The SMILES string of the molecule is [N-]=[N+]=Nc1ccc(N2C(=O)c3ccccc3C2=O)c(F)c1. The van der Waals surface area contributed by atoms with Crippen LogP contribution in [0.1, 0.15) is 20.7 Å². The standard InChI is InChI=1S/C14H7FN4O2/c15-11-7-8(17-18-16)5-6-12(11)19-13(20)9-3-1-2-4-10(9)14(19)21/h1-7H. The number of rotatable bonds is 2. The lowest BCUT2D eigenvalue weighted by Gasteiger charge is -2.14. The first-order valence-corrected chi connectivity index (χ1v) is 5.96. The molecule has 0 radical (unpaired) electrons. The lowest BCUT2D eigenvalue weighted by molar-refractivity contribution is 0.0925. The van der Waals surface area contributed by atoms with Gasteiger partial charge < -0.3 is 0 Å². The summed E-state index contributed by atoms with van der Waals surface area (Å²) in [5.74, 6) is -1.97. The van der Waals surface area contributed by atoms with Gasteiger partial charge >= 0.3 is 0 Å². The van der Waals surface area contributed by atoms with Gasteiger partial charge in [-0.3, -0.25) is 9.59 Å². The van der Waals surface area contributed by atoms with Gasteiger partial charge in [0.05, 0.1) is 16.8 Å². The molecule has 0 unspecified atom stereocenters. The third-order valence-corrected chi connectivity index (χ3v) is 3.13. The number of azide groups is 1. The largest absolute Gasteiger partial charge is 0.268 e. The highest BCUT2D eigenvalue weighted by atomic mass is 19.1. The maximum absolute atomic E-state index is 14.1. The highest BCUT2D eigenvalue weighted by molar-refractivity contribution is 6.34. The quantitative estimate of drug-likeness (QED) is 0.365. The van der Waals surface area contributed by atoms with Gasteiger partial charge in [-0.25, -0.2) is 9.29 Å². The first kappa shape index (κ1) is 12.8. The van der Waals surface area contributed by atoms with E-state index in [-0.39, 0.29) is 22.5 Å². The molecule has 1 aliphatic rings. The molecule has 0 fully saturated rings. The predicted molar refractivity (Wildman–Crippen MR) is 72.8 cm³/mol. The zero-order valence-corrected chi connectivity index (χ0v) is 10.5. The Labute approximate surface area is 118 Å². The number of hydrogen-bond acceptors (Lipinski definition) is 3. The smallest absolute Gasteiger partial charge is 0.266 e. The molecule has 0 aromatic heterocycles. The Morgan fingerprint density at radius 3 is 2.19 bits per heavy atom. The van der Waals surface area contributed by atoms with Crippen molar-refractivity contribution in [2.24, 2.45) is 5.11 Å². The Morgan fingerprint density at radius 1 is 1.05 bits per heavy atom. The highest BCUT2D eigenvalue weighted by Gasteiger charge is 2.37. The number of imide groups is 1. The van der Waals surface area contributed by atoms with Crippen molar-refractivity contribution in [1.82, 2.24) is 0 Å². The molecule has 0 saturated carbocycles. The predicted octanol–water partition coefficient (Wildman–Crippen LogP) is 3.57. The van der Waals surface area contributed by atoms with Crippen molar-refractivity contribution in [3.05, 3.63) is 69.9 Å².